The molecule has 164 valence electrons. The lowest BCUT2D eigenvalue weighted by Crippen LogP contribution is -2.28. The molecule has 0 heterocycles. The van der Waals surface area contributed by atoms with Crippen LogP contribution in [0.5, 0.6) is 11.5 Å². The molecule has 0 atom stereocenters. The van der Waals surface area contributed by atoms with Crippen LogP contribution in [0.1, 0.15) is 12.0 Å². The zero-order chi connectivity index (χ0) is 22.5. The molecule has 1 amide bonds. The number of sulfonamides is 1. The van der Waals surface area contributed by atoms with Gasteiger partial charge in [0.15, 0.2) is 0 Å². The van der Waals surface area contributed by atoms with E-state index in [0.29, 0.717) is 22.0 Å². The first-order valence-corrected chi connectivity index (χ1v) is 10.3. The summed E-state index contributed by atoms with van der Waals surface area (Å²) in [6.45, 7) is 1.51. The van der Waals surface area contributed by atoms with E-state index in [-0.39, 0.29) is 17.9 Å². The summed E-state index contributed by atoms with van der Waals surface area (Å²) in [6, 6.07) is 6.85. The van der Waals surface area contributed by atoms with Crippen molar-refractivity contribution in [3.8, 4) is 11.5 Å². The first kappa shape index (κ1) is 23.8. The average molecular weight is 467 g/mol. The van der Waals surface area contributed by atoms with Gasteiger partial charge in [0.1, 0.15) is 11.5 Å². The number of ether oxygens (including phenoxy) is 2. The van der Waals surface area contributed by atoms with E-state index in [0.717, 1.165) is 24.3 Å². The van der Waals surface area contributed by atoms with Gasteiger partial charge in [0.25, 0.3) is 0 Å². The normalized spacial score (nSPS) is 11.8. The number of alkyl halides is 3. The molecule has 30 heavy (non-hydrogen) atoms. The predicted molar refractivity (Wildman–Crippen MR) is 104 cm³/mol. The number of amides is 1. The topological polar surface area (TPSA) is 93.7 Å². The van der Waals surface area contributed by atoms with Crippen molar-refractivity contribution in [1.82, 2.24) is 4.72 Å². The van der Waals surface area contributed by atoms with Crippen LogP contribution in [0.3, 0.4) is 0 Å². The number of nitrogens with one attached hydrogen (secondary N) is 2. The summed E-state index contributed by atoms with van der Waals surface area (Å²) in [7, 11) is -2.61. The molecular weight excluding hydrogens is 449 g/mol. The first-order chi connectivity index (χ1) is 13.9. The fourth-order valence-electron chi connectivity index (χ4n) is 2.35. The Balaban J connectivity index is 1.94. The second-order valence-corrected chi connectivity index (χ2v) is 8.19. The van der Waals surface area contributed by atoms with Crippen molar-refractivity contribution in [3.05, 3.63) is 47.0 Å². The van der Waals surface area contributed by atoms with Gasteiger partial charge in [-0.2, -0.15) is 0 Å². The summed E-state index contributed by atoms with van der Waals surface area (Å²) in [6.07, 6.45) is -5.07. The Morgan fingerprint density at radius 1 is 1.17 bits per heavy atom. The van der Waals surface area contributed by atoms with Crippen molar-refractivity contribution in [2.45, 2.75) is 24.6 Å². The number of benzene rings is 2. The summed E-state index contributed by atoms with van der Waals surface area (Å²) in [5.74, 6) is -0.680. The van der Waals surface area contributed by atoms with E-state index >= 15 is 0 Å². The minimum atomic E-state index is -4.88. The van der Waals surface area contributed by atoms with E-state index in [1.54, 1.807) is 19.1 Å². The molecule has 7 nitrogen and oxygen atoms in total. The molecule has 0 spiro atoms. The van der Waals surface area contributed by atoms with Crippen molar-refractivity contribution in [3.63, 3.8) is 0 Å². The molecule has 0 aliphatic heterocycles. The van der Waals surface area contributed by atoms with E-state index in [2.05, 4.69) is 14.8 Å². The van der Waals surface area contributed by atoms with Gasteiger partial charge in [0.2, 0.25) is 15.9 Å². The Labute approximate surface area is 176 Å². The van der Waals surface area contributed by atoms with Crippen molar-refractivity contribution in [1.29, 1.82) is 0 Å². The number of anilines is 1. The van der Waals surface area contributed by atoms with Gasteiger partial charge in [0.05, 0.1) is 17.7 Å². The maximum atomic E-state index is 12.2. The highest BCUT2D eigenvalue weighted by molar-refractivity contribution is 7.89. The zero-order valence-electron chi connectivity index (χ0n) is 15.8. The third kappa shape index (κ3) is 6.78. The molecule has 2 aromatic carbocycles. The molecule has 2 rings (SSSR count). The number of methoxy groups -OCH3 is 1. The predicted octanol–water partition coefficient (Wildman–Crippen LogP) is 3.86. The number of rotatable bonds is 8. The van der Waals surface area contributed by atoms with Crippen LogP contribution in [0.15, 0.2) is 41.3 Å². The van der Waals surface area contributed by atoms with Gasteiger partial charge in [-0.1, -0.05) is 11.6 Å². The Hall–Kier alpha value is -2.50. The zero-order valence-corrected chi connectivity index (χ0v) is 17.4. The lowest BCUT2D eigenvalue weighted by molar-refractivity contribution is -0.274. The third-order valence-electron chi connectivity index (χ3n) is 3.77. The first-order valence-electron chi connectivity index (χ1n) is 8.41. The molecule has 0 fully saturated rings. The van der Waals surface area contributed by atoms with Gasteiger partial charge in [-0.3, -0.25) is 4.79 Å². The number of aryl methyl sites for hydroxylation is 1. The molecule has 2 aromatic rings. The molecule has 0 saturated carbocycles. The van der Waals surface area contributed by atoms with Gasteiger partial charge < -0.3 is 14.8 Å². The highest BCUT2D eigenvalue weighted by atomic mass is 35.5. The van der Waals surface area contributed by atoms with Crippen LogP contribution in [0, 0.1) is 6.92 Å². The number of hydrogen-bond acceptors (Lipinski definition) is 5. The minimum Gasteiger partial charge on any atom is -0.495 e. The molecule has 2 N–H and O–H groups in total. The molecule has 0 unspecified atom stereocenters. The van der Waals surface area contributed by atoms with E-state index in [4.69, 9.17) is 16.3 Å². The second kappa shape index (κ2) is 9.54. The number of carbonyl (C=O) groups excluding carboxylic acids is 1. The number of halogens is 4. The summed E-state index contributed by atoms with van der Waals surface area (Å²) in [5.41, 5.74) is 1.10. The van der Waals surface area contributed by atoms with E-state index in [1.807, 2.05) is 0 Å². The summed E-state index contributed by atoms with van der Waals surface area (Å²) >= 11 is 6.00. The fourth-order valence-corrected chi connectivity index (χ4v) is 3.53. The lowest BCUT2D eigenvalue weighted by Gasteiger charge is -2.13. The monoisotopic (exact) mass is 466 g/mol. The lowest BCUT2D eigenvalue weighted by atomic mass is 10.2. The third-order valence-corrected chi connectivity index (χ3v) is 5.65. The van der Waals surface area contributed by atoms with Crippen LogP contribution in [0.25, 0.3) is 0 Å². The van der Waals surface area contributed by atoms with Gasteiger partial charge in [0, 0.05) is 24.1 Å². The van der Waals surface area contributed by atoms with Crippen LogP contribution < -0.4 is 19.5 Å². The summed E-state index contributed by atoms with van der Waals surface area (Å²) in [5, 5.41) is 3.07. The largest absolute Gasteiger partial charge is 0.573 e. The van der Waals surface area contributed by atoms with Crippen LogP contribution >= 0.6 is 11.6 Å². The fraction of sp³-hybridized carbons (Fsp3) is 0.278. The van der Waals surface area contributed by atoms with Gasteiger partial charge >= 0.3 is 6.36 Å². The van der Waals surface area contributed by atoms with Gasteiger partial charge in [-0.15, -0.1) is 13.2 Å². The second-order valence-electron chi connectivity index (χ2n) is 6.02. The van der Waals surface area contributed by atoms with Crippen LogP contribution in [-0.4, -0.2) is 34.3 Å². The maximum absolute atomic E-state index is 12.2. The quantitative estimate of drug-likeness (QED) is 0.616. The molecule has 0 aliphatic carbocycles. The SMILES string of the molecule is COc1cc(Cl)c(C)cc1NC(=O)CCNS(=O)(=O)c1ccc(OC(F)(F)F)cc1. The van der Waals surface area contributed by atoms with Crippen LogP contribution in [0.2, 0.25) is 5.02 Å². The highest BCUT2D eigenvalue weighted by Crippen LogP contribution is 2.31. The Bertz CT molecular complexity index is 1010. The van der Waals surface area contributed by atoms with Gasteiger partial charge in [-0.05, 0) is 42.8 Å². The maximum Gasteiger partial charge on any atom is 0.573 e. The number of carbonyl (C=O) groups is 1. The molecule has 0 bridgehead atoms. The van der Waals surface area contributed by atoms with Crippen molar-refractivity contribution in [2.75, 3.05) is 19.0 Å². The Morgan fingerprint density at radius 3 is 2.37 bits per heavy atom. The molecule has 0 saturated heterocycles. The van der Waals surface area contributed by atoms with Crippen LogP contribution in [0.4, 0.5) is 18.9 Å². The van der Waals surface area contributed by atoms with E-state index in [9.17, 15) is 26.4 Å². The molecular formula is C18H18ClF3N2O5S. The van der Waals surface area contributed by atoms with E-state index < -0.39 is 28.0 Å². The minimum absolute atomic E-state index is 0.195. The molecule has 0 aromatic heterocycles. The molecule has 12 heteroatoms. The number of hydrogen-bond donors (Lipinski definition) is 2. The summed E-state index contributed by atoms with van der Waals surface area (Å²) < 4.78 is 71.9. The Kier molecular flexibility index (Phi) is 7.56. The van der Waals surface area contributed by atoms with Crippen molar-refractivity contribution < 1.29 is 35.9 Å². The Morgan fingerprint density at radius 2 is 1.80 bits per heavy atom. The smallest absolute Gasteiger partial charge is 0.495 e. The standard InChI is InChI=1S/C18H18ClF3N2O5S/c1-11-9-15(16(28-2)10-14(11)19)24-17(25)7-8-23-30(26,27)13-5-3-12(4-6-13)29-18(20,21)22/h3-6,9-10,23H,7-8H2,1-2H3,(H,24,25). The highest BCUT2D eigenvalue weighted by Gasteiger charge is 2.31. The summed E-state index contributed by atoms with van der Waals surface area (Å²) in [4.78, 5) is 11.8. The van der Waals surface area contributed by atoms with E-state index in [1.165, 1.54) is 7.11 Å². The molecule has 0 radical (unpaired) electrons. The average Bonchev–Trinajstić information content (AvgIpc) is 2.63. The van der Waals surface area contributed by atoms with Crippen molar-refractivity contribution >= 4 is 33.2 Å². The van der Waals surface area contributed by atoms with Gasteiger partial charge in [-0.25, -0.2) is 13.1 Å². The van der Waals surface area contributed by atoms with Crippen molar-refractivity contribution in [2.24, 2.45) is 0 Å². The van der Waals surface area contributed by atoms with Crippen LogP contribution in [-0.2, 0) is 14.8 Å². The molecule has 0 aliphatic rings.